The molecule has 13 heavy (non-hydrogen) atoms. The molecule has 0 rings (SSSR count). The molecule has 1 radical (unpaired) electrons. The summed E-state index contributed by atoms with van der Waals surface area (Å²) >= 11 is 0. The third-order valence-electron chi connectivity index (χ3n) is 1.21. The molecule has 85 valence electrons. The van der Waals surface area contributed by atoms with Crippen molar-refractivity contribution in [1.29, 1.82) is 0 Å². The van der Waals surface area contributed by atoms with Gasteiger partial charge in [-0.2, -0.15) is 6.92 Å². The summed E-state index contributed by atoms with van der Waals surface area (Å²) in [5.74, 6) is 0.598. The Kier molecular flexibility index (Phi) is 38.9. The standard InChI is InChI=1S/C7H13N.C2H6.C2H5.Es/c1-6(2)7(3)5-8-4;2*1-2;/h5-6H,4H2,1-3H3;1-2H3;1H2,2H3;/q;;-1;/b7-5+;;;. The Labute approximate surface area is 78.6 Å². The number of hydrogen-bond acceptors (Lipinski definition) is 1. The molecule has 0 aliphatic rings. The predicted molar refractivity (Wildman–Crippen MR) is 60.5 cm³/mol. The van der Waals surface area contributed by atoms with Crippen LogP contribution in [0.4, 0.5) is 0 Å². The van der Waals surface area contributed by atoms with Crippen LogP contribution in [-0.4, -0.2) is 6.72 Å². The van der Waals surface area contributed by atoms with Crippen LogP contribution in [0.3, 0.4) is 0 Å². The first-order valence-corrected chi connectivity index (χ1v) is 4.51. The number of allylic oxidation sites excluding steroid dienone is 1. The number of aliphatic imine (C=N–C) groups is 1. The van der Waals surface area contributed by atoms with Gasteiger partial charge in [0, 0.05) is 6.20 Å². The van der Waals surface area contributed by atoms with Gasteiger partial charge in [-0.05, 0) is 19.6 Å². The average Bonchev–Trinajstić information content (AvgIpc) is 2.12. The summed E-state index contributed by atoms with van der Waals surface area (Å²) < 4.78 is 0. The number of nitrogens with zero attached hydrogens (tertiary/aromatic N) is 1. The minimum Gasteiger partial charge on any atom is -0.346 e. The summed E-state index contributed by atoms with van der Waals surface area (Å²) in [5, 5.41) is 0. The van der Waals surface area contributed by atoms with Gasteiger partial charge in [0.05, 0.1) is 0 Å². The van der Waals surface area contributed by atoms with E-state index in [2.05, 4.69) is 39.4 Å². The molecule has 0 aliphatic heterocycles. The van der Waals surface area contributed by atoms with Crippen molar-refractivity contribution in [1.82, 2.24) is 0 Å². The van der Waals surface area contributed by atoms with Gasteiger partial charge in [0.2, 0.25) is 0 Å². The second-order valence-corrected chi connectivity index (χ2v) is 2.21. The van der Waals surface area contributed by atoms with Gasteiger partial charge < -0.3 is 6.92 Å². The van der Waals surface area contributed by atoms with Crippen molar-refractivity contribution in [2.45, 2.75) is 41.5 Å². The Bertz CT molecular complexity index is 107. The summed E-state index contributed by atoms with van der Waals surface area (Å²) in [7, 11) is 0. The Morgan fingerprint density at radius 2 is 1.62 bits per heavy atom. The van der Waals surface area contributed by atoms with Crippen LogP contribution >= 0.6 is 0 Å². The van der Waals surface area contributed by atoms with Crippen molar-refractivity contribution in [3.05, 3.63) is 18.7 Å². The zero-order chi connectivity index (χ0) is 10.6. The molecule has 0 unspecified atom stereocenters. The molecule has 0 N–H and O–H groups in total. The van der Waals surface area contributed by atoms with Crippen molar-refractivity contribution < 1.29 is 0 Å². The zero-order valence-electron chi connectivity index (χ0n) is 9.82. The average molecular weight is 422 g/mol. The molecule has 0 aromatic heterocycles. The second kappa shape index (κ2) is 22.4. The molecule has 0 heterocycles. The molecule has 0 saturated carbocycles. The van der Waals surface area contributed by atoms with Crippen molar-refractivity contribution in [3.63, 3.8) is 0 Å². The van der Waals surface area contributed by atoms with Gasteiger partial charge >= 0.3 is 0 Å². The Hall–Kier alpha value is -1.59. The minimum absolute atomic E-state index is 0. The first-order valence-electron chi connectivity index (χ1n) is 4.51. The van der Waals surface area contributed by atoms with Crippen LogP contribution in [0.2, 0.25) is 0 Å². The smallest absolute Gasteiger partial charge is 0.0252 e. The second-order valence-electron chi connectivity index (χ2n) is 2.21. The van der Waals surface area contributed by atoms with Crippen LogP contribution in [0.1, 0.15) is 41.5 Å². The van der Waals surface area contributed by atoms with Crippen LogP contribution in [0, 0.1) is 12.8 Å². The molecule has 0 bridgehead atoms. The Morgan fingerprint density at radius 3 is 1.69 bits per heavy atom. The fourth-order valence-corrected chi connectivity index (χ4v) is 0.293. The molecule has 0 aromatic carbocycles. The molecule has 0 fully saturated rings. The van der Waals surface area contributed by atoms with Crippen LogP contribution in [0.15, 0.2) is 16.8 Å². The van der Waals surface area contributed by atoms with E-state index >= 15 is 0 Å². The third kappa shape index (κ3) is 25.2. The van der Waals surface area contributed by atoms with E-state index < -0.39 is 0 Å². The summed E-state index contributed by atoms with van der Waals surface area (Å²) in [4.78, 5) is 3.64. The van der Waals surface area contributed by atoms with Crippen LogP contribution < -0.4 is 0 Å². The maximum absolute atomic E-state index is 3.64. The van der Waals surface area contributed by atoms with Crippen molar-refractivity contribution in [3.8, 4) is 0 Å². The molecule has 0 amide bonds. The van der Waals surface area contributed by atoms with Crippen LogP contribution in [-0.2, 0) is 0 Å². The van der Waals surface area contributed by atoms with Gasteiger partial charge in [0.25, 0.3) is 0 Å². The normalized spacial score (nSPS) is 8.46. The zero-order valence-corrected chi connectivity index (χ0v) is 12.3. The Morgan fingerprint density at radius 1 is 1.31 bits per heavy atom. The van der Waals surface area contributed by atoms with Gasteiger partial charge in [0.15, 0.2) is 0 Å². The van der Waals surface area contributed by atoms with Crippen LogP contribution in [0.25, 0.3) is 0 Å². The molecule has 0 aliphatic carbocycles. The molecule has 0 atom stereocenters. The van der Waals surface area contributed by atoms with Gasteiger partial charge in [-0.1, -0.05) is 33.3 Å². The van der Waals surface area contributed by atoms with E-state index in [1.54, 1.807) is 13.1 Å². The largest absolute Gasteiger partial charge is 0.346 e. The predicted octanol–water partition coefficient (Wildman–Crippen LogP) is 4.11. The van der Waals surface area contributed by atoms with E-state index in [-0.39, 0.29) is 0 Å². The molecular formula is C11H24EsN-. The molecule has 1 nitrogen and oxygen atoms in total. The SMILES string of the molecule is C=N/C=C(\C)C(C)C.CC.[CH2-]C.[Es]. The van der Waals surface area contributed by atoms with E-state index in [9.17, 15) is 0 Å². The molecule has 0 saturated heterocycles. The van der Waals surface area contributed by atoms with Crippen molar-refractivity contribution in [2.24, 2.45) is 10.9 Å². The summed E-state index contributed by atoms with van der Waals surface area (Å²) in [6.07, 6.45) is 1.80. The quantitative estimate of drug-likeness (QED) is 0.469. The molecular weight excluding hydrogens is 398 g/mol. The first kappa shape index (κ1) is 22.5. The third-order valence-corrected chi connectivity index (χ3v) is 1.21. The number of rotatable bonds is 2. The first-order chi connectivity index (χ1) is 5.68. The Balaban J connectivity index is -0.0000000712. The van der Waals surface area contributed by atoms with Gasteiger partial charge in [-0.15, -0.1) is 0 Å². The van der Waals surface area contributed by atoms with Gasteiger partial charge in [-0.3, -0.25) is 4.99 Å². The van der Waals surface area contributed by atoms with E-state index in [4.69, 9.17) is 0 Å². The van der Waals surface area contributed by atoms with E-state index in [0.717, 1.165) is 0 Å². The topological polar surface area (TPSA) is 12.4 Å². The van der Waals surface area contributed by atoms with Crippen molar-refractivity contribution >= 4 is 6.72 Å². The maximum atomic E-state index is 3.64. The molecule has 0 spiro atoms. The summed E-state index contributed by atoms with van der Waals surface area (Å²) in [5.41, 5.74) is 1.28. The minimum atomic E-state index is 0. The van der Waals surface area contributed by atoms with E-state index in [1.807, 2.05) is 13.8 Å². The van der Waals surface area contributed by atoms with Gasteiger partial charge in [0.1, 0.15) is 0 Å². The monoisotopic (exact) mass is 422 g/mol. The van der Waals surface area contributed by atoms with E-state index in [1.165, 1.54) is 5.57 Å². The van der Waals surface area contributed by atoms with E-state index in [0.29, 0.717) is 5.92 Å². The van der Waals surface area contributed by atoms with Crippen molar-refractivity contribution in [2.75, 3.05) is 0 Å². The fourth-order valence-electron chi connectivity index (χ4n) is 0.293. The van der Waals surface area contributed by atoms with Crippen LogP contribution in [0.5, 0.6) is 0 Å². The number of hydrogen-bond donors (Lipinski definition) is 0. The molecule has 2 heteroatoms. The summed E-state index contributed by atoms with van der Waals surface area (Å²) in [6.45, 7) is 18.7. The molecule has 0 aromatic rings. The van der Waals surface area contributed by atoms with Gasteiger partial charge in [-0.25, -0.2) is 0 Å². The fraction of sp³-hybridized carbons (Fsp3) is 0.636. The summed E-state index contributed by atoms with van der Waals surface area (Å²) in [6, 6.07) is 0. The maximum Gasteiger partial charge on any atom is 0.0252 e.